The Morgan fingerprint density at radius 3 is 2.63 bits per heavy atom. The van der Waals surface area contributed by atoms with E-state index in [2.05, 4.69) is 19.2 Å². The largest absolute Gasteiger partial charge is 0.506 e. The van der Waals surface area contributed by atoms with Crippen molar-refractivity contribution in [1.29, 1.82) is 0 Å². The third kappa shape index (κ3) is 4.81. The number of benzene rings is 1. The first-order valence-electron chi connectivity index (χ1n) is 6.97. The Balaban J connectivity index is 2.66. The summed E-state index contributed by atoms with van der Waals surface area (Å²) in [4.78, 5) is 12.1. The fourth-order valence-corrected chi connectivity index (χ4v) is 2.04. The van der Waals surface area contributed by atoms with Gasteiger partial charge in [0.2, 0.25) is 0 Å². The number of carbonyl (C=O) groups excluding carboxylic acids is 1. The maximum Gasteiger partial charge on any atom is 0.251 e. The van der Waals surface area contributed by atoms with Crippen LogP contribution in [0.4, 0.5) is 5.69 Å². The minimum absolute atomic E-state index is 0.0479. The predicted molar refractivity (Wildman–Crippen MR) is 78.2 cm³/mol. The van der Waals surface area contributed by atoms with Crippen LogP contribution in [0.5, 0.6) is 5.75 Å². The molecule has 1 atom stereocenters. The van der Waals surface area contributed by atoms with E-state index in [0.29, 0.717) is 5.56 Å². The smallest absolute Gasteiger partial charge is 0.251 e. The second kappa shape index (κ2) is 7.67. The molecule has 0 bridgehead atoms. The molecule has 0 radical (unpaired) electrons. The van der Waals surface area contributed by atoms with Crippen molar-refractivity contribution in [3.63, 3.8) is 0 Å². The first kappa shape index (κ1) is 15.3. The molecule has 4 nitrogen and oxygen atoms in total. The molecule has 1 aromatic rings. The van der Waals surface area contributed by atoms with Crippen molar-refractivity contribution in [3.05, 3.63) is 23.8 Å². The van der Waals surface area contributed by atoms with Gasteiger partial charge in [-0.05, 0) is 31.0 Å². The van der Waals surface area contributed by atoms with Crippen molar-refractivity contribution in [2.24, 2.45) is 0 Å². The molecule has 0 saturated heterocycles. The van der Waals surface area contributed by atoms with Gasteiger partial charge in [0.25, 0.3) is 5.91 Å². The molecular formula is C15H24N2O2. The molecule has 1 rings (SSSR count). The molecule has 1 amide bonds. The van der Waals surface area contributed by atoms with Crippen molar-refractivity contribution < 1.29 is 9.90 Å². The number of unbranched alkanes of at least 4 members (excludes halogenated alkanes) is 1. The van der Waals surface area contributed by atoms with E-state index >= 15 is 0 Å². The highest BCUT2D eigenvalue weighted by Crippen LogP contribution is 2.20. The van der Waals surface area contributed by atoms with Crippen LogP contribution in [-0.4, -0.2) is 17.1 Å². The highest BCUT2D eigenvalue weighted by molar-refractivity contribution is 5.95. The lowest BCUT2D eigenvalue weighted by molar-refractivity contribution is 0.0932. The third-order valence-electron chi connectivity index (χ3n) is 3.17. The van der Waals surface area contributed by atoms with Gasteiger partial charge in [0.05, 0.1) is 5.69 Å². The molecule has 0 spiro atoms. The summed E-state index contributed by atoms with van der Waals surface area (Å²) in [5.74, 6) is -0.196. The molecule has 0 aliphatic carbocycles. The van der Waals surface area contributed by atoms with Gasteiger partial charge in [-0.1, -0.05) is 33.1 Å². The standard InChI is InChI=1S/C15H24N2O2/c1-3-5-7-12(6-4-2)17-15(19)11-8-9-13(16)14(18)10-11/h8-10,12,18H,3-7,16H2,1-2H3,(H,17,19). The first-order chi connectivity index (χ1) is 9.08. The van der Waals surface area contributed by atoms with E-state index in [9.17, 15) is 9.90 Å². The van der Waals surface area contributed by atoms with E-state index in [-0.39, 0.29) is 23.4 Å². The Kier molecular flexibility index (Phi) is 6.19. The molecule has 0 aliphatic heterocycles. The first-order valence-corrected chi connectivity index (χ1v) is 6.97. The summed E-state index contributed by atoms with van der Waals surface area (Å²) in [6.45, 7) is 4.25. The predicted octanol–water partition coefficient (Wildman–Crippen LogP) is 3.06. The molecule has 4 heteroatoms. The average molecular weight is 264 g/mol. The second-order valence-electron chi connectivity index (χ2n) is 4.87. The SMILES string of the molecule is CCCCC(CCC)NC(=O)c1ccc(N)c(O)c1. The Bertz CT molecular complexity index is 419. The van der Waals surface area contributed by atoms with Crippen molar-refractivity contribution in [1.82, 2.24) is 5.32 Å². The zero-order valence-electron chi connectivity index (χ0n) is 11.8. The van der Waals surface area contributed by atoms with Gasteiger partial charge in [-0.15, -0.1) is 0 Å². The average Bonchev–Trinajstić information content (AvgIpc) is 2.39. The van der Waals surface area contributed by atoms with E-state index in [0.717, 1.165) is 32.1 Å². The van der Waals surface area contributed by atoms with E-state index in [1.165, 1.54) is 6.07 Å². The van der Waals surface area contributed by atoms with Crippen LogP contribution >= 0.6 is 0 Å². The van der Waals surface area contributed by atoms with Gasteiger partial charge in [-0.25, -0.2) is 0 Å². The summed E-state index contributed by atoms with van der Waals surface area (Å²) in [7, 11) is 0. The lowest BCUT2D eigenvalue weighted by Crippen LogP contribution is -2.34. The van der Waals surface area contributed by atoms with E-state index in [4.69, 9.17) is 5.73 Å². The zero-order valence-corrected chi connectivity index (χ0v) is 11.8. The monoisotopic (exact) mass is 264 g/mol. The number of nitrogens with one attached hydrogen (secondary N) is 1. The Hall–Kier alpha value is -1.71. The Morgan fingerprint density at radius 2 is 2.05 bits per heavy atom. The molecule has 106 valence electrons. The molecule has 1 unspecified atom stereocenters. The van der Waals surface area contributed by atoms with Gasteiger partial charge in [-0.3, -0.25) is 4.79 Å². The topological polar surface area (TPSA) is 75.4 Å². The number of anilines is 1. The number of rotatable bonds is 7. The number of hydrogen-bond acceptors (Lipinski definition) is 3. The van der Waals surface area contributed by atoms with Gasteiger partial charge in [0.1, 0.15) is 5.75 Å². The van der Waals surface area contributed by atoms with Crippen LogP contribution < -0.4 is 11.1 Å². The van der Waals surface area contributed by atoms with Crippen molar-refractivity contribution in [2.75, 3.05) is 5.73 Å². The molecule has 4 N–H and O–H groups in total. The molecular weight excluding hydrogens is 240 g/mol. The number of nitrogen functional groups attached to an aromatic ring is 1. The molecule has 0 saturated carbocycles. The summed E-state index contributed by atoms with van der Waals surface area (Å²) in [6, 6.07) is 4.79. The fourth-order valence-electron chi connectivity index (χ4n) is 2.04. The van der Waals surface area contributed by atoms with Crippen molar-refractivity contribution >= 4 is 11.6 Å². The van der Waals surface area contributed by atoms with Crippen LogP contribution in [0.25, 0.3) is 0 Å². The molecule has 0 aromatic heterocycles. The fraction of sp³-hybridized carbons (Fsp3) is 0.533. The Morgan fingerprint density at radius 1 is 1.32 bits per heavy atom. The number of amides is 1. The van der Waals surface area contributed by atoms with Crippen LogP contribution in [0.1, 0.15) is 56.3 Å². The minimum Gasteiger partial charge on any atom is -0.506 e. The van der Waals surface area contributed by atoms with Crippen LogP contribution in [-0.2, 0) is 0 Å². The normalized spacial score (nSPS) is 12.1. The summed E-state index contributed by atoms with van der Waals surface area (Å²) in [5.41, 5.74) is 6.26. The highest BCUT2D eigenvalue weighted by Gasteiger charge is 2.13. The number of phenols is 1. The second-order valence-corrected chi connectivity index (χ2v) is 4.87. The maximum absolute atomic E-state index is 12.1. The molecule has 0 heterocycles. The molecule has 0 aliphatic rings. The number of carbonyl (C=O) groups is 1. The van der Waals surface area contributed by atoms with Crippen LogP contribution in [0, 0.1) is 0 Å². The number of nitrogens with two attached hydrogens (primary N) is 1. The number of hydrogen-bond donors (Lipinski definition) is 3. The number of phenolic OH excluding ortho intramolecular Hbond substituents is 1. The van der Waals surface area contributed by atoms with Crippen molar-refractivity contribution in [3.8, 4) is 5.75 Å². The van der Waals surface area contributed by atoms with E-state index < -0.39 is 0 Å². The maximum atomic E-state index is 12.1. The third-order valence-corrected chi connectivity index (χ3v) is 3.17. The van der Waals surface area contributed by atoms with Crippen LogP contribution in [0.2, 0.25) is 0 Å². The summed E-state index contributed by atoms with van der Waals surface area (Å²) in [6.07, 6.45) is 5.25. The summed E-state index contributed by atoms with van der Waals surface area (Å²) in [5, 5.41) is 12.5. The van der Waals surface area contributed by atoms with Gasteiger partial charge in [0, 0.05) is 11.6 Å². The van der Waals surface area contributed by atoms with E-state index in [1.807, 2.05) is 0 Å². The van der Waals surface area contributed by atoms with Gasteiger partial charge in [-0.2, -0.15) is 0 Å². The van der Waals surface area contributed by atoms with Gasteiger partial charge < -0.3 is 16.2 Å². The summed E-state index contributed by atoms with van der Waals surface area (Å²) < 4.78 is 0. The Labute approximate surface area is 115 Å². The summed E-state index contributed by atoms with van der Waals surface area (Å²) >= 11 is 0. The molecule has 19 heavy (non-hydrogen) atoms. The van der Waals surface area contributed by atoms with E-state index in [1.54, 1.807) is 12.1 Å². The lowest BCUT2D eigenvalue weighted by atomic mass is 10.0. The zero-order chi connectivity index (χ0) is 14.3. The quantitative estimate of drug-likeness (QED) is 0.523. The highest BCUT2D eigenvalue weighted by atomic mass is 16.3. The molecule has 1 aromatic carbocycles. The minimum atomic E-state index is -0.148. The van der Waals surface area contributed by atoms with Crippen molar-refractivity contribution in [2.45, 2.75) is 52.0 Å². The lowest BCUT2D eigenvalue weighted by Gasteiger charge is -2.18. The van der Waals surface area contributed by atoms with Gasteiger partial charge >= 0.3 is 0 Å². The van der Waals surface area contributed by atoms with Crippen LogP contribution in [0.15, 0.2) is 18.2 Å². The van der Waals surface area contributed by atoms with Gasteiger partial charge in [0.15, 0.2) is 0 Å². The number of aromatic hydroxyl groups is 1. The van der Waals surface area contributed by atoms with Crippen LogP contribution in [0.3, 0.4) is 0 Å². The molecule has 0 fully saturated rings.